The molecule has 1 saturated heterocycles. The van der Waals surface area contributed by atoms with E-state index in [0.717, 1.165) is 42.5 Å². The van der Waals surface area contributed by atoms with Gasteiger partial charge in [0.05, 0.1) is 0 Å². The zero-order valence-corrected chi connectivity index (χ0v) is 15.0. The lowest BCUT2D eigenvalue weighted by molar-refractivity contribution is 0.209. The van der Waals surface area contributed by atoms with E-state index in [1.807, 2.05) is 12.1 Å². The van der Waals surface area contributed by atoms with Crippen LogP contribution in [0.1, 0.15) is 24.0 Å². The maximum absolute atomic E-state index is 9.98. The highest BCUT2D eigenvalue weighted by Gasteiger charge is 2.20. The van der Waals surface area contributed by atoms with Crippen LogP contribution >= 0.6 is 15.9 Å². The Bertz CT molecular complexity index is 666. The number of hydrogen-bond donors (Lipinski definition) is 2. The molecule has 0 atom stereocenters. The second kappa shape index (κ2) is 7.37. The largest absolute Gasteiger partial charge is 0.508 e. The number of hydrogen-bond acceptors (Lipinski definition) is 3. The first-order valence-corrected chi connectivity index (χ1v) is 8.93. The molecule has 0 aliphatic carbocycles. The van der Waals surface area contributed by atoms with Crippen LogP contribution in [0.25, 0.3) is 0 Å². The number of aryl methyl sites for hydroxylation is 1. The molecule has 3 nitrogen and oxygen atoms in total. The number of likely N-dealkylation sites (tertiary alicyclic amines) is 1. The minimum Gasteiger partial charge on any atom is -0.508 e. The summed E-state index contributed by atoms with van der Waals surface area (Å²) in [6.45, 7) is 5.06. The molecule has 0 unspecified atom stereocenters. The van der Waals surface area contributed by atoms with Crippen molar-refractivity contribution in [3.05, 3.63) is 58.1 Å². The molecule has 0 spiro atoms. The van der Waals surface area contributed by atoms with E-state index in [2.05, 4.69) is 57.3 Å². The molecule has 0 radical (unpaired) electrons. The maximum atomic E-state index is 9.98. The molecule has 0 saturated carbocycles. The highest BCUT2D eigenvalue weighted by atomic mass is 79.9. The summed E-state index contributed by atoms with van der Waals surface area (Å²) in [6.07, 6.45) is 2.26. The third-order valence-corrected chi connectivity index (χ3v) is 5.02. The fourth-order valence-corrected chi connectivity index (χ4v) is 3.52. The molecule has 1 heterocycles. The van der Waals surface area contributed by atoms with Gasteiger partial charge in [0.25, 0.3) is 0 Å². The fraction of sp³-hybridized carbons (Fsp3) is 0.368. The van der Waals surface area contributed by atoms with Crippen molar-refractivity contribution in [3.63, 3.8) is 0 Å². The van der Waals surface area contributed by atoms with Gasteiger partial charge in [-0.15, -0.1) is 0 Å². The van der Waals surface area contributed by atoms with Crippen LogP contribution in [0.5, 0.6) is 5.75 Å². The molecular formula is C19H23BrN2O. The predicted molar refractivity (Wildman–Crippen MR) is 98.9 cm³/mol. The van der Waals surface area contributed by atoms with Crippen molar-refractivity contribution in [1.82, 2.24) is 4.90 Å². The molecule has 2 aromatic rings. The van der Waals surface area contributed by atoms with E-state index in [-0.39, 0.29) is 0 Å². The summed E-state index contributed by atoms with van der Waals surface area (Å²) < 4.78 is 1.02. The Labute approximate surface area is 146 Å². The van der Waals surface area contributed by atoms with Gasteiger partial charge < -0.3 is 10.4 Å². The average Bonchev–Trinajstić information content (AvgIpc) is 2.55. The normalized spacial score (nSPS) is 16.4. The van der Waals surface area contributed by atoms with Crippen LogP contribution in [0, 0.1) is 6.92 Å². The number of nitrogens with zero attached hydrogens (tertiary/aromatic N) is 1. The zero-order valence-electron chi connectivity index (χ0n) is 13.4. The molecule has 0 aromatic heterocycles. The first-order chi connectivity index (χ1) is 11.1. The van der Waals surface area contributed by atoms with Gasteiger partial charge >= 0.3 is 0 Å². The van der Waals surface area contributed by atoms with Gasteiger partial charge in [-0.1, -0.05) is 34.1 Å². The second-order valence-electron chi connectivity index (χ2n) is 6.28. The van der Waals surface area contributed by atoms with Crippen LogP contribution in [0.15, 0.2) is 46.9 Å². The van der Waals surface area contributed by atoms with E-state index in [1.54, 1.807) is 6.07 Å². The van der Waals surface area contributed by atoms with Crippen molar-refractivity contribution >= 4 is 21.6 Å². The summed E-state index contributed by atoms with van der Waals surface area (Å²) >= 11 is 3.47. The van der Waals surface area contributed by atoms with Crippen LogP contribution in [-0.2, 0) is 6.54 Å². The van der Waals surface area contributed by atoms with Gasteiger partial charge in [0.1, 0.15) is 5.75 Å². The summed E-state index contributed by atoms with van der Waals surface area (Å²) in [5, 5.41) is 13.7. The molecule has 2 N–H and O–H groups in total. The standard InChI is InChI=1S/C19H23BrN2O/c1-14-4-2-3-5-18(14)21-17-8-10-22(11-9-17)13-15-12-16(20)6-7-19(15)23/h2-7,12,17,21,23H,8-11,13H2,1H3. The molecule has 0 amide bonds. The topological polar surface area (TPSA) is 35.5 Å². The molecule has 4 heteroatoms. The number of phenolic OH excluding ortho intramolecular Hbond substituents is 1. The van der Waals surface area contributed by atoms with Crippen LogP contribution < -0.4 is 5.32 Å². The maximum Gasteiger partial charge on any atom is 0.120 e. The predicted octanol–water partition coefficient (Wildman–Crippen LogP) is 4.54. The van der Waals surface area contributed by atoms with Crippen molar-refractivity contribution in [1.29, 1.82) is 0 Å². The number of piperidine rings is 1. The van der Waals surface area contributed by atoms with E-state index in [4.69, 9.17) is 0 Å². The molecule has 2 aromatic carbocycles. The molecule has 1 aliphatic heterocycles. The Morgan fingerprint density at radius 1 is 1.17 bits per heavy atom. The Kier molecular flexibility index (Phi) is 5.23. The fourth-order valence-electron chi connectivity index (χ4n) is 3.11. The van der Waals surface area contributed by atoms with Crippen molar-refractivity contribution in [2.24, 2.45) is 0 Å². The molecule has 122 valence electrons. The first-order valence-electron chi connectivity index (χ1n) is 8.14. The van der Waals surface area contributed by atoms with E-state index >= 15 is 0 Å². The van der Waals surface area contributed by atoms with E-state index in [9.17, 15) is 5.11 Å². The van der Waals surface area contributed by atoms with E-state index in [0.29, 0.717) is 11.8 Å². The third-order valence-electron chi connectivity index (χ3n) is 4.53. The SMILES string of the molecule is Cc1ccccc1NC1CCN(Cc2cc(Br)ccc2O)CC1. The number of benzene rings is 2. The highest BCUT2D eigenvalue weighted by Crippen LogP contribution is 2.25. The Morgan fingerprint density at radius 2 is 1.91 bits per heavy atom. The van der Waals surface area contributed by atoms with Gasteiger partial charge in [0.2, 0.25) is 0 Å². The van der Waals surface area contributed by atoms with Gasteiger partial charge in [-0.25, -0.2) is 0 Å². The number of rotatable bonds is 4. The van der Waals surface area contributed by atoms with Gasteiger partial charge in [-0.2, -0.15) is 0 Å². The third kappa shape index (κ3) is 4.27. The number of halogens is 1. The summed E-state index contributed by atoms with van der Waals surface area (Å²) in [6, 6.07) is 14.6. The summed E-state index contributed by atoms with van der Waals surface area (Å²) in [4.78, 5) is 2.41. The van der Waals surface area contributed by atoms with Crippen LogP contribution in [0.3, 0.4) is 0 Å². The van der Waals surface area contributed by atoms with Crippen molar-refractivity contribution in [2.45, 2.75) is 32.4 Å². The van der Waals surface area contributed by atoms with Gasteiger partial charge in [-0.05, 0) is 49.6 Å². The molecule has 1 fully saturated rings. The zero-order chi connectivity index (χ0) is 16.2. The van der Waals surface area contributed by atoms with Gasteiger partial charge in [-0.3, -0.25) is 4.90 Å². The minimum absolute atomic E-state index is 0.383. The molecule has 3 rings (SSSR count). The summed E-state index contributed by atoms with van der Waals surface area (Å²) in [5.41, 5.74) is 3.54. The van der Waals surface area contributed by atoms with E-state index in [1.165, 1.54) is 11.3 Å². The van der Waals surface area contributed by atoms with Gasteiger partial charge in [0, 0.05) is 41.4 Å². The number of aromatic hydroxyl groups is 1. The minimum atomic E-state index is 0.383. The Morgan fingerprint density at radius 3 is 2.65 bits per heavy atom. The lowest BCUT2D eigenvalue weighted by Gasteiger charge is -2.33. The average molecular weight is 375 g/mol. The smallest absolute Gasteiger partial charge is 0.120 e. The van der Waals surface area contributed by atoms with Crippen molar-refractivity contribution < 1.29 is 5.11 Å². The highest BCUT2D eigenvalue weighted by molar-refractivity contribution is 9.10. The summed E-state index contributed by atoms with van der Waals surface area (Å²) in [5.74, 6) is 0.383. The lowest BCUT2D eigenvalue weighted by atomic mass is 10.0. The Balaban J connectivity index is 1.54. The van der Waals surface area contributed by atoms with Crippen molar-refractivity contribution in [3.8, 4) is 5.75 Å². The number of para-hydroxylation sites is 1. The van der Waals surface area contributed by atoms with Crippen LogP contribution in [-0.4, -0.2) is 29.1 Å². The first kappa shape index (κ1) is 16.3. The molecule has 0 bridgehead atoms. The Hall–Kier alpha value is -1.52. The number of nitrogens with one attached hydrogen (secondary N) is 1. The molecular weight excluding hydrogens is 352 g/mol. The number of anilines is 1. The quantitative estimate of drug-likeness (QED) is 0.824. The second-order valence-corrected chi connectivity index (χ2v) is 7.20. The van der Waals surface area contributed by atoms with Crippen LogP contribution in [0.2, 0.25) is 0 Å². The number of phenols is 1. The van der Waals surface area contributed by atoms with Gasteiger partial charge in [0.15, 0.2) is 0 Å². The molecule has 23 heavy (non-hydrogen) atoms. The van der Waals surface area contributed by atoms with E-state index < -0.39 is 0 Å². The van der Waals surface area contributed by atoms with Crippen molar-refractivity contribution in [2.75, 3.05) is 18.4 Å². The lowest BCUT2D eigenvalue weighted by Crippen LogP contribution is -2.38. The summed E-state index contributed by atoms with van der Waals surface area (Å²) in [7, 11) is 0. The van der Waals surface area contributed by atoms with Crippen LogP contribution in [0.4, 0.5) is 5.69 Å². The molecule has 1 aliphatic rings. The monoisotopic (exact) mass is 374 g/mol.